The third-order valence-electron chi connectivity index (χ3n) is 4.75. The molecule has 0 unspecified atom stereocenters. The van der Waals surface area contributed by atoms with Gasteiger partial charge in [0.15, 0.2) is 5.82 Å². The van der Waals surface area contributed by atoms with Crippen LogP contribution in [0.2, 0.25) is 0 Å². The lowest BCUT2D eigenvalue weighted by Crippen LogP contribution is -2.16. The molecule has 1 fully saturated rings. The van der Waals surface area contributed by atoms with E-state index in [4.69, 9.17) is 4.52 Å². The van der Waals surface area contributed by atoms with Crippen molar-refractivity contribution in [1.29, 1.82) is 0 Å². The molecule has 0 atom stereocenters. The van der Waals surface area contributed by atoms with Crippen LogP contribution in [-0.2, 0) is 16.0 Å². The number of nitrogens with zero attached hydrogens (tertiary/aromatic N) is 2. The summed E-state index contributed by atoms with van der Waals surface area (Å²) in [5.74, 6) is -1.08. The monoisotopic (exact) mass is 427 g/mol. The Balaban J connectivity index is 1.66. The second-order valence-corrected chi connectivity index (χ2v) is 8.19. The van der Waals surface area contributed by atoms with Gasteiger partial charge in [-0.05, 0) is 38.2 Å². The molecule has 0 aliphatic heterocycles. The van der Waals surface area contributed by atoms with Crippen LogP contribution in [0.5, 0.6) is 0 Å². The summed E-state index contributed by atoms with van der Waals surface area (Å²) >= 11 is 0.761. The molecular weight excluding hydrogens is 411 g/mol. The Bertz CT molecular complexity index is 1000. The van der Waals surface area contributed by atoms with E-state index in [0.717, 1.165) is 24.2 Å². The number of nitrogens with one attached hydrogen (secondary N) is 1. The fourth-order valence-corrected chi connectivity index (χ4v) is 4.31. The molecule has 0 radical (unpaired) electrons. The number of aliphatic carboxylic acids is 1. The lowest BCUT2D eigenvalue weighted by atomic mass is 10.1. The Labute approximate surface area is 166 Å². The number of hydrogen-bond acceptors (Lipinski definition) is 6. The minimum atomic E-state index is -4.41. The molecule has 2 N–H and O–H groups in total. The molecule has 7 nitrogen and oxygen atoms in total. The second-order valence-electron chi connectivity index (χ2n) is 7.05. The summed E-state index contributed by atoms with van der Waals surface area (Å²) in [6.45, 7) is 0. The van der Waals surface area contributed by atoms with Gasteiger partial charge >= 0.3 is 12.1 Å². The fourth-order valence-electron chi connectivity index (χ4n) is 3.24. The van der Waals surface area contributed by atoms with Crippen LogP contribution in [0.3, 0.4) is 0 Å². The number of carbonyl (C=O) groups is 2. The van der Waals surface area contributed by atoms with Crippen molar-refractivity contribution in [2.24, 2.45) is 0 Å². The highest BCUT2D eigenvalue weighted by atomic mass is 32.1. The predicted octanol–water partition coefficient (Wildman–Crippen LogP) is 4.28. The first-order valence-corrected chi connectivity index (χ1v) is 9.83. The molecule has 1 saturated carbocycles. The van der Waals surface area contributed by atoms with Crippen molar-refractivity contribution in [2.45, 2.75) is 50.6 Å². The number of carboxylic acids is 1. The maximum atomic E-state index is 12.8. The van der Waals surface area contributed by atoms with Crippen LogP contribution in [0.1, 0.15) is 48.7 Å². The van der Waals surface area contributed by atoms with Crippen molar-refractivity contribution in [3.05, 3.63) is 27.9 Å². The number of rotatable bonds is 6. The summed E-state index contributed by atoms with van der Waals surface area (Å²) in [4.78, 5) is 28.1. The van der Waals surface area contributed by atoms with Gasteiger partial charge in [-0.3, -0.25) is 4.79 Å². The number of anilines is 1. The van der Waals surface area contributed by atoms with E-state index in [9.17, 15) is 27.9 Å². The molecule has 0 spiro atoms. The van der Waals surface area contributed by atoms with Crippen molar-refractivity contribution in [3.8, 4) is 11.5 Å². The summed E-state index contributed by atoms with van der Waals surface area (Å²) in [7, 11) is 0. The van der Waals surface area contributed by atoms with Crippen molar-refractivity contribution in [3.63, 3.8) is 0 Å². The van der Waals surface area contributed by atoms with Gasteiger partial charge in [0.2, 0.25) is 0 Å². The standard InChI is InChI=1S/C18H16F3N3O4S/c19-18(20,21)7-9-6-12(15-22-13(24-28-15)8-4-5-8)16(29-9)23-14(25)10-2-1-3-11(10)17(26)27/h6,8H,1-5,7H2,(H,23,25)(H,26,27). The van der Waals surface area contributed by atoms with Crippen molar-refractivity contribution in [2.75, 3.05) is 5.32 Å². The zero-order chi connectivity index (χ0) is 20.8. The molecule has 2 aliphatic carbocycles. The minimum Gasteiger partial charge on any atom is -0.478 e. The van der Waals surface area contributed by atoms with Gasteiger partial charge in [0, 0.05) is 21.9 Å². The Morgan fingerprint density at radius 3 is 2.66 bits per heavy atom. The lowest BCUT2D eigenvalue weighted by Gasteiger charge is -2.06. The van der Waals surface area contributed by atoms with Crippen molar-refractivity contribution >= 4 is 28.2 Å². The molecule has 2 aliphatic rings. The van der Waals surface area contributed by atoms with Crippen LogP contribution < -0.4 is 5.32 Å². The molecule has 2 aromatic heterocycles. The van der Waals surface area contributed by atoms with Gasteiger partial charge in [0.25, 0.3) is 11.8 Å². The van der Waals surface area contributed by atoms with Gasteiger partial charge in [0.1, 0.15) is 5.00 Å². The van der Waals surface area contributed by atoms with Gasteiger partial charge in [-0.2, -0.15) is 18.2 Å². The number of thiophene rings is 1. The Kier molecular flexibility index (Phi) is 4.93. The molecule has 11 heteroatoms. The maximum absolute atomic E-state index is 12.8. The molecule has 0 aromatic carbocycles. The van der Waals surface area contributed by atoms with Gasteiger partial charge in [0.05, 0.1) is 12.0 Å². The second kappa shape index (κ2) is 7.29. The minimum absolute atomic E-state index is 0.0205. The van der Waals surface area contributed by atoms with Gasteiger partial charge < -0.3 is 14.9 Å². The van der Waals surface area contributed by atoms with Crippen LogP contribution in [-0.4, -0.2) is 33.3 Å². The number of carboxylic acid groups (broad SMARTS) is 1. The highest BCUT2D eigenvalue weighted by Gasteiger charge is 2.33. The third kappa shape index (κ3) is 4.34. The topological polar surface area (TPSA) is 105 Å². The smallest absolute Gasteiger partial charge is 0.393 e. The normalized spacial score (nSPS) is 17.1. The average Bonchev–Trinajstić information content (AvgIpc) is 3.05. The number of halogens is 3. The molecule has 4 rings (SSSR count). The first kappa shape index (κ1) is 19.6. The van der Waals surface area contributed by atoms with E-state index in [0.29, 0.717) is 18.7 Å². The highest BCUT2D eigenvalue weighted by molar-refractivity contribution is 7.17. The zero-order valence-corrected chi connectivity index (χ0v) is 15.8. The highest BCUT2D eigenvalue weighted by Crippen LogP contribution is 2.42. The first-order chi connectivity index (χ1) is 13.7. The molecule has 1 amide bonds. The van der Waals surface area contributed by atoms with E-state index in [1.165, 1.54) is 6.07 Å². The van der Waals surface area contributed by atoms with Crippen LogP contribution in [0, 0.1) is 0 Å². The maximum Gasteiger partial charge on any atom is 0.393 e. The Hall–Kier alpha value is -2.69. The van der Waals surface area contributed by atoms with Crippen molar-refractivity contribution < 1.29 is 32.4 Å². The molecule has 29 heavy (non-hydrogen) atoms. The molecule has 2 heterocycles. The van der Waals surface area contributed by atoms with Crippen LogP contribution in [0.15, 0.2) is 21.7 Å². The summed E-state index contributed by atoms with van der Waals surface area (Å²) in [6, 6.07) is 1.28. The average molecular weight is 427 g/mol. The van der Waals surface area contributed by atoms with E-state index in [1.807, 2.05) is 0 Å². The Morgan fingerprint density at radius 1 is 1.28 bits per heavy atom. The SMILES string of the molecule is O=C(O)C1=C(C(=O)Nc2sc(CC(F)(F)F)cc2-c2nc(C3CC3)no2)CCC1. The number of aromatic nitrogens is 2. The van der Waals surface area contributed by atoms with E-state index >= 15 is 0 Å². The summed E-state index contributed by atoms with van der Waals surface area (Å²) < 4.78 is 43.7. The number of alkyl halides is 3. The van der Waals surface area contributed by atoms with Gasteiger partial charge in [-0.25, -0.2) is 4.79 Å². The first-order valence-electron chi connectivity index (χ1n) is 9.01. The summed E-state index contributed by atoms with van der Waals surface area (Å²) in [5, 5.41) is 15.8. The molecular formula is C18H16F3N3O4S. The van der Waals surface area contributed by atoms with Crippen LogP contribution in [0.25, 0.3) is 11.5 Å². The molecule has 154 valence electrons. The largest absolute Gasteiger partial charge is 0.478 e. The third-order valence-corrected chi connectivity index (χ3v) is 5.80. The fraction of sp³-hybridized carbons (Fsp3) is 0.444. The summed E-state index contributed by atoms with van der Waals surface area (Å²) in [6.07, 6.45) is -2.60. The van der Waals surface area contributed by atoms with E-state index in [-0.39, 0.29) is 44.8 Å². The number of carbonyl (C=O) groups excluding carboxylic acids is 1. The Morgan fingerprint density at radius 2 is 2.00 bits per heavy atom. The predicted molar refractivity (Wildman–Crippen MR) is 96.5 cm³/mol. The van der Waals surface area contributed by atoms with E-state index < -0.39 is 24.5 Å². The van der Waals surface area contributed by atoms with Gasteiger partial charge in [-0.1, -0.05) is 5.16 Å². The number of hydrogen-bond donors (Lipinski definition) is 2. The molecule has 2 aromatic rings. The van der Waals surface area contributed by atoms with E-state index in [2.05, 4.69) is 15.5 Å². The van der Waals surface area contributed by atoms with Crippen molar-refractivity contribution in [1.82, 2.24) is 10.1 Å². The summed E-state index contributed by atoms with van der Waals surface area (Å²) in [5.41, 5.74) is 0.376. The number of amides is 1. The van der Waals surface area contributed by atoms with Crippen LogP contribution >= 0.6 is 11.3 Å². The zero-order valence-electron chi connectivity index (χ0n) is 15.0. The quantitative estimate of drug-likeness (QED) is 0.713. The lowest BCUT2D eigenvalue weighted by molar-refractivity contribution is -0.133. The molecule has 0 bridgehead atoms. The van der Waals surface area contributed by atoms with E-state index in [1.54, 1.807) is 0 Å². The van der Waals surface area contributed by atoms with Gasteiger partial charge in [-0.15, -0.1) is 11.3 Å². The molecule has 0 saturated heterocycles. The van der Waals surface area contributed by atoms with Crippen LogP contribution in [0.4, 0.5) is 18.2 Å².